The highest BCUT2D eigenvalue weighted by molar-refractivity contribution is 5.76. The van der Waals surface area contributed by atoms with Gasteiger partial charge in [-0.15, -0.1) is 0 Å². The Labute approximate surface area is 168 Å². The molecule has 0 atom stereocenters. The van der Waals surface area contributed by atoms with Crippen LogP contribution in [0.4, 0.5) is 4.79 Å². The molecule has 0 aromatic heterocycles. The monoisotopic (exact) mass is 390 g/mol. The maximum absolute atomic E-state index is 12.4. The standard InChI is InChI=1S/C22H34N2O4/c1-4-5-15-28-22(26)23-19-11-13-24(14-12-19)20(25)10-7-16-27-21-17(2)8-6-9-18(21)3/h6,8-9,19H,4-5,7,10-16H2,1-3H3,(H,23,26). The van der Waals surface area contributed by atoms with Gasteiger partial charge < -0.3 is 19.7 Å². The number of ether oxygens (including phenoxy) is 2. The molecule has 6 heteroatoms. The quantitative estimate of drug-likeness (QED) is 0.648. The second-order valence-electron chi connectivity index (χ2n) is 7.46. The van der Waals surface area contributed by atoms with Crippen molar-refractivity contribution in [3.05, 3.63) is 29.3 Å². The number of para-hydroxylation sites is 1. The number of benzene rings is 1. The van der Waals surface area contributed by atoms with Gasteiger partial charge in [-0.25, -0.2) is 4.79 Å². The molecule has 6 nitrogen and oxygen atoms in total. The van der Waals surface area contributed by atoms with Gasteiger partial charge in [-0.05, 0) is 50.7 Å². The molecule has 2 rings (SSSR count). The van der Waals surface area contributed by atoms with E-state index in [1.807, 2.05) is 36.9 Å². The third kappa shape index (κ3) is 7.06. The molecule has 0 saturated carbocycles. The first kappa shape index (κ1) is 22.1. The van der Waals surface area contributed by atoms with Gasteiger partial charge in [-0.3, -0.25) is 4.79 Å². The molecular formula is C22H34N2O4. The molecule has 1 N–H and O–H groups in total. The number of likely N-dealkylation sites (tertiary alicyclic amines) is 1. The lowest BCUT2D eigenvalue weighted by Gasteiger charge is -2.32. The van der Waals surface area contributed by atoms with Crippen molar-refractivity contribution in [2.75, 3.05) is 26.3 Å². The summed E-state index contributed by atoms with van der Waals surface area (Å²) >= 11 is 0. The van der Waals surface area contributed by atoms with Gasteiger partial charge in [0, 0.05) is 25.6 Å². The highest BCUT2D eigenvalue weighted by Gasteiger charge is 2.23. The van der Waals surface area contributed by atoms with Crippen LogP contribution in [0.3, 0.4) is 0 Å². The van der Waals surface area contributed by atoms with Crippen molar-refractivity contribution in [2.24, 2.45) is 0 Å². The van der Waals surface area contributed by atoms with Gasteiger partial charge in [-0.2, -0.15) is 0 Å². The minimum atomic E-state index is -0.345. The average Bonchev–Trinajstić information content (AvgIpc) is 2.67. The van der Waals surface area contributed by atoms with E-state index in [-0.39, 0.29) is 18.0 Å². The second kappa shape index (κ2) is 11.6. The van der Waals surface area contributed by atoms with E-state index in [0.717, 1.165) is 42.6 Å². The first-order chi connectivity index (χ1) is 13.5. The van der Waals surface area contributed by atoms with Crippen molar-refractivity contribution < 1.29 is 19.1 Å². The molecule has 28 heavy (non-hydrogen) atoms. The highest BCUT2D eigenvalue weighted by atomic mass is 16.5. The van der Waals surface area contributed by atoms with Crippen molar-refractivity contribution in [2.45, 2.75) is 65.3 Å². The van der Waals surface area contributed by atoms with E-state index in [9.17, 15) is 9.59 Å². The molecule has 0 spiro atoms. The molecule has 1 aromatic carbocycles. The van der Waals surface area contributed by atoms with Gasteiger partial charge in [0.05, 0.1) is 13.2 Å². The normalized spacial score (nSPS) is 14.6. The van der Waals surface area contributed by atoms with Crippen molar-refractivity contribution in [3.8, 4) is 5.75 Å². The van der Waals surface area contributed by atoms with E-state index in [4.69, 9.17) is 9.47 Å². The number of carbonyl (C=O) groups is 2. The minimum Gasteiger partial charge on any atom is -0.493 e. The predicted octanol–water partition coefficient (Wildman–Crippen LogP) is 3.98. The summed E-state index contributed by atoms with van der Waals surface area (Å²) in [6.45, 7) is 8.48. The number of rotatable bonds is 9. The summed E-state index contributed by atoms with van der Waals surface area (Å²) in [5.41, 5.74) is 2.24. The number of amides is 2. The van der Waals surface area contributed by atoms with E-state index < -0.39 is 0 Å². The molecule has 156 valence electrons. The first-order valence-electron chi connectivity index (χ1n) is 10.4. The van der Waals surface area contributed by atoms with Crippen LogP contribution < -0.4 is 10.1 Å². The van der Waals surface area contributed by atoms with Crippen molar-refractivity contribution in [1.29, 1.82) is 0 Å². The van der Waals surface area contributed by atoms with Gasteiger partial charge >= 0.3 is 6.09 Å². The lowest BCUT2D eigenvalue weighted by atomic mass is 10.0. The maximum atomic E-state index is 12.4. The number of alkyl carbamates (subject to hydrolysis) is 1. The zero-order valence-electron chi connectivity index (χ0n) is 17.5. The number of aryl methyl sites for hydroxylation is 2. The smallest absolute Gasteiger partial charge is 0.407 e. The van der Waals surface area contributed by atoms with Gasteiger partial charge in [0.15, 0.2) is 0 Å². The highest BCUT2D eigenvalue weighted by Crippen LogP contribution is 2.22. The van der Waals surface area contributed by atoms with E-state index in [2.05, 4.69) is 12.2 Å². The Morgan fingerprint density at radius 3 is 2.43 bits per heavy atom. The molecule has 1 fully saturated rings. The molecule has 1 aliphatic rings. The van der Waals surface area contributed by atoms with Crippen LogP contribution in [0.25, 0.3) is 0 Å². The lowest BCUT2D eigenvalue weighted by Crippen LogP contribution is -2.46. The Bertz CT molecular complexity index is 619. The zero-order chi connectivity index (χ0) is 20.4. The second-order valence-corrected chi connectivity index (χ2v) is 7.46. The van der Waals surface area contributed by atoms with Crippen LogP contribution in [-0.2, 0) is 9.53 Å². The van der Waals surface area contributed by atoms with Crippen LogP contribution in [0, 0.1) is 13.8 Å². The summed E-state index contributed by atoms with van der Waals surface area (Å²) in [5.74, 6) is 1.08. The largest absolute Gasteiger partial charge is 0.493 e. The van der Waals surface area contributed by atoms with E-state index in [1.54, 1.807) is 0 Å². The SMILES string of the molecule is CCCCOC(=O)NC1CCN(C(=O)CCCOc2c(C)cccc2C)CC1. The summed E-state index contributed by atoms with van der Waals surface area (Å²) in [6.07, 6.45) is 4.27. The summed E-state index contributed by atoms with van der Waals surface area (Å²) in [5, 5.41) is 2.90. The fourth-order valence-corrected chi connectivity index (χ4v) is 3.37. The zero-order valence-corrected chi connectivity index (χ0v) is 17.5. The van der Waals surface area contributed by atoms with Crippen molar-refractivity contribution in [1.82, 2.24) is 10.2 Å². The minimum absolute atomic E-state index is 0.0885. The number of carbonyl (C=O) groups excluding carboxylic acids is 2. The Morgan fingerprint density at radius 1 is 1.11 bits per heavy atom. The Morgan fingerprint density at radius 2 is 1.79 bits per heavy atom. The van der Waals surface area contributed by atoms with Crippen molar-refractivity contribution >= 4 is 12.0 Å². The van der Waals surface area contributed by atoms with Crippen LogP contribution in [-0.4, -0.2) is 49.2 Å². The average molecular weight is 391 g/mol. The van der Waals surface area contributed by atoms with Crippen LogP contribution in [0.15, 0.2) is 18.2 Å². The van der Waals surface area contributed by atoms with Gasteiger partial charge in [-0.1, -0.05) is 31.5 Å². The summed E-state index contributed by atoms with van der Waals surface area (Å²) in [6, 6.07) is 6.17. The van der Waals surface area contributed by atoms with Gasteiger partial charge in [0.25, 0.3) is 0 Å². The third-order valence-electron chi connectivity index (χ3n) is 5.09. The molecular weight excluding hydrogens is 356 g/mol. The summed E-state index contributed by atoms with van der Waals surface area (Å²) < 4.78 is 11.0. The molecule has 1 heterocycles. The van der Waals surface area contributed by atoms with Gasteiger partial charge in [0.1, 0.15) is 5.75 Å². The fraction of sp³-hybridized carbons (Fsp3) is 0.636. The number of nitrogens with one attached hydrogen (secondary N) is 1. The van der Waals surface area contributed by atoms with Crippen molar-refractivity contribution in [3.63, 3.8) is 0 Å². The Balaban J connectivity index is 1.62. The van der Waals surface area contributed by atoms with Crippen LogP contribution >= 0.6 is 0 Å². The summed E-state index contributed by atoms with van der Waals surface area (Å²) in [7, 11) is 0. The number of unbranched alkanes of at least 4 members (excludes halogenated alkanes) is 1. The van der Waals surface area contributed by atoms with Gasteiger partial charge in [0.2, 0.25) is 5.91 Å². The topological polar surface area (TPSA) is 67.9 Å². The molecule has 0 aliphatic carbocycles. The molecule has 1 aliphatic heterocycles. The molecule has 0 bridgehead atoms. The van der Waals surface area contributed by atoms with Crippen LogP contribution in [0.2, 0.25) is 0 Å². The number of hydrogen-bond donors (Lipinski definition) is 1. The van der Waals surface area contributed by atoms with E-state index in [0.29, 0.717) is 39.1 Å². The van der Waals surface area contributed by atoms with Crippen LogP contribution in [0.1, 0.15) is 56.6 Å². The van der Waals surface area contributed by atoms with E-state index in [1.165, 1.54) is 0 Å². The molecule has 1 saturated heterocycles. The molecule has 1 aromatic rings. The first-order valence-corrected chi connectivity index (χ1v) is 10.4. The third-order valence-corrected chi connectivity index (χ3v) is 5.09. The number of nitrogens with zero attached hydrogens (tertiary/aromatic N) is 1. The predicted molar refractivity (Wildman–Crippen MR) is 110 cm³/mol. The molecule has 2 amide bonds. The maximum Gasteiger partial charge on any atom is 0.407 e. The Hall–Kier alpha value is -2.24. The molecule has 0 unspecified atom stereocenters. The molecule has 0 radical (unpaired) electrons. The Kier molecular flexibility index (Phi) is 9.11. The number of hydrogen-bond acceptors (Lipinski definition) is 4. The van der Waals surface area contributed by atoms with Crippen LogP contribution in [0.5, 0.6) is 5.75 Å². The van der Waals surface area contributed by atoms with E-state index >= 15 is 0 Å². The summed E-state index contributed by atoms with van der Waals surface area (Å²) in [4.78, 5) is 26.0. The fourth-order valence-electron chi connectivity index (χ4n) is 3.37. The lowest BCUT2D eigenvalue weighted by molar-refractivity contribution is -0.132. The number of piperidine rings is 1.